The molecule has 2 fully saturated rings. The summed E-state index contributed by atoms with van der Waals surface area (Å²) in [5, 5.41) is 0.693. The third-order valence-corrected chi connectivity index (χ3v) is 7.95. The summed E-state index contributed by atoms with van der Waals surface area (Å²) in [5.41, 5.74) is 1.95. The topological polar surface area (TPSA) is 58.6 Å². The summed E-state index contributed by atoms with van der Waals surface area (Å²) in [4.78, 5) is 26.4. The van der Waals surface area contributed by atoms with Crippen molar-refractivity contribution in [3.8, 4) is 5.88 Å². The number of halogens is 2. The van der Waals surface area contributed by atoms with Crippen LogP contribution < -0.4 is 9.64 Å². The molecule has 4 heterocycles. The minimum atomic E-state index is -0.344. The number of hydrogen-bond acceptors (Lipinski definition) is 5. The Bertz CT molecular complexity index is 1210. The molecule has 0 spiro atoms. The van der Waals surface area contributed by atoms with Crippen LogP contribution in [0.5, 0.6) is 5.88 Å². The van der Waals surface area contributed by atoms with Crippen LogP contribution in [0.2, 0.25) is 5.02 Å². The highest BCUT2D eigenvalue weighted by Gasteiger charge is 2.47. The summed E-state index contributed by atoms with van der Waals surface area (Å²) >= 11 is 6.16. The summed E-state index contributed by atoms with van der Waals surface area (Å²) in [6, 6.07) is 14.9. The van der Waals surface area contributed by atoms with Crippen molar-refractivity contribution in [3.63, 3.8) is 0 Å². The third-order valence-electron chi connectivity index (χ3n) is 7.69. The average molecular weight is 523 g/mol. The molecule has 1 aromatic carbocycles. The second-order valence-electron chi connectivity index (χ2n) is 10.5. The number of rotatable bonds is 6. The van der Waals surface area contributed by atoms with E-state index in [1.807, 2.05) is 36.1 Å². The minimum Gasteiger partial charge on any atom is -0.477 e. The number of amides is 1. The first-order chi connectivity index (χ1) is 17.8. The fourth-order valence-electron chi connectivity index (χ4n) is 5.52. The molecule has 0 N–H and O–H groups in total. The van der Waals surface area contributed by atoms with Crippen LogP contribution in [-0.4, -0.2) is 53.6 Å². The molecule has 0 saturated carbocycles. The maximum atomic E-state index is 13.7. The van der Waals surface area contributed by atoms with Crippen molar-refractivity contribution in [1.82, 2.24) is 14.9 Å². The summed E-state index contributed by atoms with van der Waals surface area (Å²) < 4.78 is 19.4. The lowest BCUT2D eigenvalue weighted by Crippen LogP contribution is -2.43. The molecule has 2 saturated heterocycles. The van der Waals surface area contributed by atoms with E-state index in [0.29, 0.717) is 30.6 Å². The van der Waals surface area contributed by atoms with Gasteiger partial charge in [-0.25, -0.2) is 14.4 Å². The minimum absolute atomic E-state index is 0.0374. The fourth-order valence-corrected chi connectivity index (χ4v) is 5.64. The van der Waals surface area contributed by atoms with Gasteiger partial charge in [-0.15, -0.1) is 0 Å². The first-order valence-electron chi connectivity index (χ1n) is 12.8. The molecule has 194 valence electrons. The van der Waals surface area contributed by atoms with Gasteiger partial charge in [-0.3, -0.25) is 4.79 Å². The van der Waals surface area contributed by atoms with Crippen LogP contribution in [0.1, 0.15) is 36.8 Å². The Morgan fingerprint density at radius 1 is 1.08 bits per heavy atom. The monoisotopic (exact) mass is 522 g/mol. The van der Waals surface area contributed by atoms with E-state index >= 15 is 0 Å². The van der Waals surface area contributed by atoms with Crippen LogP contribution in [0.3, 0.4) is 0 Å². The molecule has 2 aliphatic rings. The van der Waals surface area contributed by atoms with Gasteiger partial charge in [0.1, 0.15) is 11.6 Å². The molecule has 8 heteroatoms. The zero-order chi connectivity index (χ0) is 26.0. The highest BCUT2D eigenvalue weighted by Crippen LogP contribution is 2.44. The maximum Gasteiger partial charge on any atom is 0.225 e. The number of hydrogen-bond donors (Lipinski definition) is 0. The van der Waals surface area contributed by atoms with Gasteiger partial charge in [-0.1, -0.05) is 36.7 Å². The van der Waals surface area contributed by atoms with E-state index in [9.17, 15) is 9.18 Å². The number of aromatic nitrogens is 2. The molecule has 0 unspecified atom stereocenters. The Morgan fingerprint density at radius 3 is 2.49 bits per heavy atom. The lowest BCUT2D eigenvalue weighted by molar-refractivity contribution is -0.135. The van der Waals surface area contributed by atoms with E-state index in [2.05, 4.69) is 33.9 Å². The standard InChI is InChI=1S/C29H32ClFN4O2/c1-20-3-10-27(33-15-20)37-19-29(2)18-35(17-25(29)21-4-6-23(30)7-5-21)28(36)22-11-13-34(14-12-22)26-9-8-24(31)16-32-26/h3-10,15-16,22,25H,11-14,17-19H2,1-2H3/t25-,29-/m1/s1. The van der Waals surface area contributed by atoms with Gasteiger partial charge in [0.25, 0.3) is 0 Å². The number of carbonyl (C=O) groups excluding carboxylic acids is 1. The Hall–Kier alpha value is -3.19. The van der Waals surface area contributed by atoms with E-state index in [0.717, 1.165) is 42.9 Å². The van der Waals surface area contributed by atoms with Crippen LogP contribution in [-0.2, 0) is 4.79 Å². The molecule has 6 nitrogen and oxygen atoms in total. The number of pyridine rings is 2. The van der Waals surface area contributed by atoms with Gasteiger partial charge in [0.05, 0.1) is 12.8 Å². The van der Waals surface area contributed by atoms with Crippen molar-refractivity contribution in [3.05, 3.63) is 82.9 Å². The van der Waals surface area contributed by atoms with Gasteiger partial charge in [0.15, 0.2) is 0 Å². The molecule has 5 rings (SSSR count). The predicted molar refractivity (Wildman–Crippen MR) is 142 cm³/mol. The molecule has 37 heavy (non-hydrogen) atoms. The lowest BCUT2D eigenvalue weighted by Gasteiger charge is -2.34. The molecule has 2 aromatic heterocycles. The number of benzene rings is 1. The SMILES string of the molecule is Cc1ccc(OC[C@@]2(C)CN(C(=O)C3CCN(c4ccc(F)cn4)CC3)C[C@@H]2c2ccc(Cl)cc2)nc1. The van der Waals surface area contributed by atoms with E-state index < -0.39 is 0 Å². The zero-order valence-corrected chi connectivity index (χ0v) is 22.0. The zero-order valence-electron chi connectivity index (χ0n) is 21.2. The van der Waals surface area contributed by atoms with Crippen molar-refractivity contribution in [2.75, 3.05) is 37.7 Å². The van der Waals surface area contributed by atoms with Gasteiger partial charge in [0, 0.05) is 60.7 Å². The summed E-state index contributed by atoms with van der Waals surface area (Å²) in [6.45, 7) is 7.35. The molecule has 0 radical (unpaired) electrons. The quantitative estimate of drug-likeness (QED) is 0.427. The lowest BCUT2D eigenvalue weighted by atomic mass is 9.77. The Labute approximate surface area is 222 Å². The second-order valence-corrected chi connectivity index (χ2v) is 11.0. The van der Waals surface area contributed by atoms with Gasteiger partial charge in [0.2, 0.25) is 11.8 Å². The number of anilines is 1. The Balaban J connectivity index is 1.28. The molecular formula is C29H32ClFN4O2. The van der Waals surface area contributed by atoms with Crippen molar-refractivity contribution in [1.29, 1.82) is 0 Å². The number of likely N-dealkylation sites (tertiary alicyclic amines) is 1. The van der Waals surface area contributed by atoms with Crippen molar-refractivity contribution >= 4 is 23.3 Å². The van der Waals surface area contributed by atoms with Gasteiger partial charge in [-0.05, 0) is 55.2 Å². The summed E-state index contributed by atoms with van der Waals surface area (Å²) in [6.07, 6.45) is 4.54. The molecule has 2 aliphatic heterocycles. The Kier molecular flexibility index (Phi) is 7.33. The Morgan fingerprint density at radius 2 is 1.84 bits per heavy atom. The molecule has 2 atom stereocenters. The van der Waals surface area contributed by atoms with Crippen LogP contribution in [0.25, 0.3) is 0 Å². The largest absolute Gasteiger partial charge is 0.477 e. The number of ether oxygens (including phenoxy) is 1. The van der Waals surface area contributed by atoms with Crippen molar-refractivity contribution in [2.24, 2.45) is 11.3 Å². The maximum absolute atomic E-state index is 13.7. The van der Waals surface area contributed by atoms with Crippen molar-refractivity contribution in [2.45, 2.75) is 32.6 Å². The summed E-state index contributed by atoms with van der Waals surface area (Å²) in [5.74, 6) is 1.28. The smallest absolute Gasteiger partial charge is 0.225 e. The first-order valence-corrected chi connectivity index (χ1v) is 13.1. The number of nitrogens with zero attached hydrogens (tertiary/aromatic N) is 4. The number of piperidine rings is 1. The number of aryl methyl sites for hydroxylation is 1. The molecule has 3 aromatic rings. The van der Waals surface area contributed by atoms with Gasteiger partial charge >= 0.3 is 0 Å². The van der Waals surface area contributed by atoms with E-state index in [4.69, 9.17) is 16.3 Å². The molecular weight excluding hydrogens is 491 g/mol. The highest BCUT2D eigenvalue weighted by atomic mass is 35.5. The van der Waals surface area contributed by atoms with E-state index in [-0.39, 0.29) is 29.0 Å². The molecule has 0 bridgehead atoms. The van der Waals surface area contributed by atoms with Crippen LogP contribution in [0.15, 0.2) is 60.9 Å². The third kappa shape index (κ3) is 5.72. The van der Waals surface area contributed by atoms with Crippen LogP contribution >= 0.6 is 11.6 Å². The van der Waals surface area contributed by atoms with E-state index in [1.165, 1.54) is 12.3 Å². The fraction of sp³-hybridized carbons (Fsp3) is 0.414. The van der Waals surface area contributed by atoms with E-state index in [1.54, 1.807) is 12.3 Å². The van der Waals surface area contributed by atoms with Crippen molar-refractivity contribution < 1.29 is 13.9 Å². The highest BCUT2D eigenvalue weighted by molar-refractivity contribution is 6.30. The average Bonchev–Trinajstić information content (AvgIpc) is 3.26. The number of carbonyl (C=O) groups is 1. The normalized spacial score (nSPS) is 22.3. The molecule has 1 amide bonds. The van der Waals surface area contributed by atoms with Gasteiger partial charge in [-0.2, -0.15) is 0 Å². The summed E-state index contributed by atoms with van der Waals surface area (Å²) in [7, 11) is 0. The molecule has 0 aliphatic carbocycles. The van der Waals surface area contributed by atoms with Crippen LogP contribution in [0, 0.1) is 24.1 Å². The van der Waals surface area contributed by atoms with Crippen LogP contribution in [0.4, 0.5) is 10.2 Å². The second kappa shape index (κ2) is 10.7. The first kappa shape index (κ1) is 25.5. The van der Waals surface area contributed by atoms with Gasteiger partial charge < -0.3 is 14.5 Å². The predicted octanol–water partition coefficient (Wildman–Crippen LogP) is 5.51.